The highest BCUT2D eigenvalue weighted by Gasteiger charge is 2.35. The van der Waals surface area contributed by atoms with Gasteiger partial charge < -0.3 is 4.98 Å². The van der Waals surface area contributed by atoms with E-state index in [-0.39, 0.29) is 0 Å². The van der Waals surface area contributed by atoms with Crippen LogP contribution in [0.2, 0.25) is 0 Å². The number of piperidine rings is 1. The van der Waals surface area contributed by atoms with Crippen molar-refractivity contribution >= 4 is 42.9 Å². The van der Waals surface area contributed by atoms with Crippen LogP contribution < -0.4 is 0 Å². The minimum Gasteiger partial charge on any atom is -0.346 e. The van der Waals surface area contributed by atoms with Gasteiger partial charge in [0.15, 0.2) is 0 Å². The number of H-pyrrole nitrogens is 1. The molecule has 2 fully saturated rings. The lowest BCUT2D eigenvalue weighted by molar-refractivity contribution is 0.0191. The van der Waals surface area contributed by atoms with Crippen molar-refractivity contribution in [2.24, 2.45) is 0 Å². The topological polar surface area (TPSA) is 78.8 Å². The number of nitrogens with one attached hydrogen (secondary N) is 1. The third kappa shape index (κ3) is 4.37. The number of fused-ring (bicyclic) bond motifs is 1. The molecule has 0 aromatic carbocycles. The first kappa shape index (κ1) is 21.4. The summed E-state index contributed by atoms with van der Waals surface area (Å²) in [7, 11) is 0. The second kappa shape index (κ2) is 8.90. The predicted octanol–water partition coefficient (Wildman–Crippen LogP) is 4.26. The number of hydrogen-bond donors (Lipinski definition) is 1. The van der Waals surface area contributed by atoms with Gasteiger partial charge in [0.25, 0.3) is 0 Å². The van der Waals surface area contributed by atoms with Crippen LogP contribution in [0.4, 0.5) is 0 Å². The highest BCUT2D eigenvalue weighted by atomic mass is 79.9. The molecule has 4 aromatic heterocycles. The van der Waals surface area contributed by atoms with E-state index < -0.39 is 0 Å². The summed E-state index contributed by atoms with van der Waals surface area (Å²) in [6.07, 6.45) is 10.00. The molecule has 0 bridgehead atoms. The van der Waals surface area contributed by atoms with Crippen LogP contribution in [0.1, 0.15) is 24.4 Å². The van der Waals surface area contributed by atoms with Crippen molar-refractivity contribution < 1.29 is 0 Å². The van der Waals surface area contributed by atoms with Crippen LogP contribution in [0.5, 0.6) is 0 Å². The first-order valence-corrected chi connectivity index (χ1v) is 12.8. The van der Waals surface area contributed by atoms with Crippen LogP contribution in [-0.4, -0.2) is 71.7 Å². The van der Waals surface area contributed by atoms with E-state index in [1.54, 1.807) is 6.33 Å². The van der Waals surface area contributed by atoms with E-state index in [1.807, 2.05) is 18.5 Å². The Labute approximate surface area is 208 Å². The van der Waals surface area contributed by atoms with Crippen LogP contribution in [0, 0.1) is 0 Å². The first-order valence-electron chi connectivity index (χ1n) is 11.2. The molecule has 33 heavy (non-hydrogen) atoms. The Morgan fingerprint density at radius 1 is 1.03 bits per heavy atom. The van der Waals surface area contributed by atoms with E-state index in [2.05, 4.69) is 89.7 Å². The number of hydrogen-bond acceptors (Lipinski definition) is 6. The van der Waals surface area contributed by atoms with E-state index in [1.165, 1.54) is 18.4 Å². The van der Waals surface area contributed by atoms with Gasteiger partial charge in [-0.25, -0.2) is 15.0 Å². The molecule has 8 nitrogen and oxygen atoms in total. The van der Waals surface area contributed by atoms with Crippen LogP contribution in [0.3, 0.4) is 0 Å². The van der Waals surface area contributed by atoms with Gasteiger partial charge in [-0.05, 0) is 81.6 Å². The molecule has 0 atom stereocenters. The molecule has 0 spiro atoms. The molecule has 10 heteroatoms. The Morgan fingerprint density at radius 2 is 1.82 bits per heavy atom. The summed E-state index contributed by atoms with van der Waals surface area (Å²) >= 11 is 6.98. The Morgan fingerprint density at radius 3 is 2.61 bits per heavy atom. The molecule has 4 aromatic rings. The fraction of sp³-hybridized carbons (Fsp3) is 0.391. The average molecular weight is 572 g/mol. The van der Waals surface area contributed by atoms with Gasteiger partial charge >= 0.3 is 0 Å². The van der Waals surface area contributed by atoms with Crippen LogP contribution >= 0.6 is 31.9 Å². The molecule has 2 saturated heterocycles. The van der Waals surface area contributed by atoms with Crippen LogP contribution in [0.25, 0.3) is 22.3 Å². The van der Waals surface area contributed by atoms with Crippen molar-refractivity contribution in [3.05, 3.63) is 57.9 Å². The van der Waals surface area contributed by atoms with Crippen LogP contribution in [0.15, 0.2) is 52.3 Å². The van der Waals surface area contributed by atoms with Gasteiger partial charge in [0, 0.05) is 49.0 Å². The number of aromatic nitrogens is 6. The SMILES string of the molecule is Brc1cc(CN2CCC(N3CC(n4cc(-c5ncnc6[nH]ccc56)cn4)C3)CC2)cc(Br)n1. The molecule has 6 heterocycles. The van der Waals surface area contributed by atoms with Gasteiger partial charge in [-0.2, -0.15) is 5.10 Å². The monoisotopic (exact) mass is 570 g/mol. The number of aromatic amines is 1. The van der Waals surface area contributed by atoms with Gasteiger partial charge in [0.2, 0.25) is 0 Å². The molecule has 1 N–H and O–H groups in total. The number of halogens is 2. The summed E-state index contributed by atoms with van der Waals surface area (Å²) < 4.78 is 3.88. The maximum Gasteiger partial charge on any atom is 0.141 e. The van der Waals surface area contributed by atoms with Crippen LogP contribution in [-0.2, 0) is 6.54 Å². The second-order valence-electron chi connectivity index (χ2n) is 8.91. The smallest absolute Gasteiger partial charge is 0.141 e. The highest BCUT2D eigenvalue weighted by Crippen LogP contribution is 2.31. The fourth-order valence-corrected chi connectivity index (χ4v) is 6.23. The zero-order chi connectivity index (χ0) is 22.4. The molecule has 0 radical (unpaired) electrons. The van der Waals surface area contributed by atoms with Crippen molar-refractivity contribution in [3.8, 4) is 11.3 Å². The molecule has 0 aliphatic carbocycles. The summed E-state index contributed by atoms with van der Waals surface area (Å²) in [5.41, 5.74) is 4.13. The third-order valence-electron chi connectivity index (χ3n) is 6.80. The molecular formula is C23H24Br2N8. The summed E-state index contributed by atoms with van der Waals surface area (Å²) in [5, 5.41) is 5.69. The molecule has 0 saturated carbocycles. The van der Waals surface area contributed by atoms with E-state index in [0.717, 1.165) is 64.2 Å². The Balaban J connectivity index is 1.03. The predicted molar refractivity (Wildman–Crippen MR) is 134 cm³/mol. The summed E-state index contributed by atoms with van der Waals surface area (Å²) in [6, 6.07) is 7.35. The molecule has 0 unspecified atom stereocenters. The molecule has 170 valence electrons. The summed E-state index contributed by atoms with van der Waals surface area (Å²) in [5.74, 6) is 0. The van der Waals surface area contributed by atoms with Gasteiger partial charge in [-0.1, -0.05) is 0 Å². The Hall–Kier alpha value is -2.14. The van der Waals surface area contributed by atoms with Gasteiger partial charge in [0.05, 0.1) is 17.9 Å². The lowest BCUT2D eigenvalue weighted by Gasteiger charge is -2.47. The molecule has 0 amide bonds. The van der Waals surface area contributed by atoms with E-state index >= 15 is 0 Å². The quantitative estimate of drug-likeness (QED) is 0.361. The average Bonchev–Trinajstić information content (AvgIpc) is 3.43. The zero-order valence-corrected chi connectivity index (χ0v) is 21.2. The van der Waals surface area contributed by atoms with Crippen molar-refractivity contribution in [1.29, 1.82) is 0 Å². The van der Waals surface area contributed by atoms with Gasteiger partial charge in [-0.3, -0.25) is 14.5 Å². The largest absolute Gasteiger partial charge is 0.346 e. The van der Waals surface area contributed by atoms with Crippen molar-refractivity contribution in [2.45, 2.75) is 31.5 Å². The number of pyridine rings is 1. The first-order chi connectivity index (χ1) is 16.1. The van der Waals surface area contributed by atoms with Gasteiger partial charge in [-0.15, -0.1) is 0 Å². The molecular weight excluding hydrogens is 548 g/mol. The molecule has 2 aliphatic rings. The normalized spacial score (nSPS) is 18.7. The molecule has 2 aliphatic heterocycles. The Bertz CT molecular complexity index is 1250. The van der Waals surface area contributed by atoms with E-state index in [9.17, 15) is 0 Å². The summed E-state index contributed by atoms with van der Waals surface area (Å²) in [4.78, 5) is 21.4. The minimum atomic E-state index is 0.437. The number of nitrogens with zero attached hydrogens (tertiary/aromatic N) is 7. The van der Waals surface area contributed by atoms with E-state index in [4.69, 9.17) is 0 Å². The highest BCUT2D eigenvalue weighted by molar-refractivity contribution is 9.11. The van der Waals surface area contributed by atoms with Gasteiger partial charge in [0.1, 0.15) is 21.2 Å². The molecule has 6 rings (SSSR count). The zero-order valence-electron chi connectivity index (χ0n) is 18.0. The maximum absolute atomic E-state index is 4.66. The maximum atomic E-state index is 4.66. The van der Waals surface area contributed by atoms with Crippen molar-refractivity contribution in [2.75, 3.05) is 26.2 Å². The summed E-state index contributed by atoms with van der Waals surface area (Å²) in [6.45, 7) is 5.38. The van der Waals surface area contributed by atoms with Crippen molar-refractivity contribution in [3.63, 3.8) is 0 Å². The fourth-order valence-electron chi connectivity index (χ4n) is 5.02. The minimum absolute atomic E-state index is 0.437. The number of rotatable bonds is 5. The van der Waals surface area contributed by atoms with Crippen molar-refractivity contribution in [1.82, 2.24) is 39.5 Å². The Kier molecular flexibility index (Phi) is 5.77. The standard InChI is InChI=1S/C23H24Br2N8/c24-20-7-15(8-21(25)30-20)10-31-5-2-17(3-6-31)32-12-18(13-32)33-11-16(9-29-33)22-19-1-4-26-23(19)28-14-27-22/h1,4,7-9,11,14,17-18H,2-3,5-6,10,12-13H2,(H,26,27,28). The number of likely N-dealkylation sites (tertiary alicyclic amines) is 2. The second-order valence-corrected chi connectivity index (χ2v) is 10.5. The third-order valence-corrected chi connectivity index (χ3v) is 7.61. The lowest BCUT2D eigenvalue weighted by atomic mass is 9.97. The lowest BCUT2D eigenvalue weighted by Crippen LogP contribution is -2.55. The van der Waals surface area contributed by atoms with E-state index in [0.29, 0.717) is 12.1 Å².